The number of aromatic hydroxyl groups is 2. The summed E-state index contributed by atoms with van der Waals surface area (Å²) in [6, 6.07) is 10.9. The normalized spacial score (nSPS) is 11.1. The maximum Gasteiger partial charge on any atom is 0.125 e. The Bertz CT molecular complexity index is 749. The van der Waals surface area contributed by atoms with Gasteiger partial charge in [-0.3, -0.25) is 0 Å². The van der Waals surface area contributed by atoms with Gasteiger partial charge >= 0.3 is 0 Å². The van der Waals surface area contributed by atoms with Crippen molar-refractivity contribution in [2.24, 2.45) is 0 Å². The third kappa shape index (κ3) is 1.93. The number of hydrogen-bond donors (Lipinski definition) is 3. The Kier molecular flexibility index (Phi) is 2.49. The summed E-state index contributed by atoms with van der Waals surface area (Å²) in [7, 11) is 0. The second-order valence-corrected chi connectivity index (χ2v) is 4.93. The van der Waals surface area contributed by atoms with Crippen molar-refractivity contribution in [1.82, 2.24) is 4.98 Å². The van der Waals surface area contributed by atoms with Gasteiger partial charge in [0.2, 0.25) is 0 Å². The molecule has 0 unspecified atom stereocenters. The first kappa shape index (κ1) is 11.7. The van der Waals surface area contributed by atoms with Gasteiger partial charge in [0.25, 0.3) is 0 Å². The minimum atomic E-state index is 0.239. The molecule has 96 valence electrons. The lowest BCUT2D eigenvalue weighted by molar-refractivity contribution is 0.475. The van der Waals surface area contributed by atoms with Gasteiger partial charge in [-0.2, -0.15) is 0 Å². The topological polar surface area (TPSA) is 56.2 Å². The lowest BCUT2D eigenvalue weighted by Crippen LogP contribution is -1.86. The van der Waals surface area contributed by atoms with E-state index in [4.69, 9.17) is 0 Å². The molecule has 3 rings (SSSR count). The minimum Gasteiger partial charge on any atom is -0.508 e. The summed E-state index contributed by atoms with van der Waals surface area (Å²) in [5, 5.41) is 20.6. The van der Waals surface area contributed by atoms with Gasteiger partial charge in [0.15, 0.2) is 0 Å². The molecule has 19 heavy (non-hydrogen) atoms. The molecule has 0 fully saturated rings. The Morgan fingerprint density at radius 1 is 0.947 bits per heavy atom. The molecule has 0 radical (unpaired) electrons. The van der Waals surface area contributed by atoms with Crippen LogP contribution in [0.5, 0.6) is 11.5 Å². The molecule has 0 bridgehead atoms. The van der Waals surface area contributed by atoms with Crippen molar-refractivity contribution < 1.29 is 10.2 Å². The van der Waals surface area contributed by atoms with Crippen LogP contribution in [0.3, 0.4) is 0 Å². The fourth-order valence-electron chi connectivity index (χ4n) is 2.55. The first-order chi connectivity index (χ1) is 9.04. The molecule has 3 heteroatoms. The standard InChI is InChI=1S/C16H15NO2/c1-9-5-10(2)16(15(19)6-9)14-8-11-7-12(18)3-4-13(11)17-14/h3-8,17-19H,1-2H3. The second kappa shape index (κ2) is 4.05. The van der Waals surface area contributed by atoms with Crippen LogP contribution < -0.4 is 0 Å². The number of phenols is 2. The molecule has 0 saturated carbocycles. The molecule has 1 aromatic heterocycles. The first-order valence-electron chi connectivity index (χ1n) is 6.17. The van der Waals surface area contributed by atoms with Crippen LogP contribution in [0.25, 0.3) is 22.2 Å². The second-order valence-electron chi connectivity index (χ2n) is 4.93. The summed E-state index contributed by atoms with van der Waals surface area (Å²) in [5.41, 5.74) is 4.66. The predicted molar refractivity (Wildman–Crippen MR) is 76.5 cm³/mol. The Hall–Kier alpha value is -2.42. The minimum absolute atomic E-state index is 0.239. The average molecular weight is 253 g/mol. The zero-order valence-electron chi connectivity index (χ0n) is 10.9. The first-order valence-corrected chi connectivity index (χ1v) is 6.17. The molecule has 0 saturated heterocycles. The number of phenolic OH excluding ortho intramolecular Hbond substituents is 2. The number of aryl methyl sites for hydroxylation is 2. The smallest absolute Gasteiger partial charge is 0.125 e. The lowest BCUT2D eigenvalue weighted by Gasteiger charge is -2.08. The third-order valence-electron chi connectivity index (χ3n) is 3.33. The highest BCUT2D eigenvalue weighted by Crippen LogP contribution is 2.35. The summed E-state index contributed by atoms with van der Waals surface area (Å²) in [4.78, 5) is 3.27. The molecule has 0 amide bonds. The fraction of sp³-hybridized carbons (Fsp3) is 0.125. The number of benzene rings is 2. The van der Waals surface area contributed by atoms with Gasteiger partial charge in [0.05, 0.1) is 5.69 Å². The van der Waals surface area contributed by atoms with Crippen molar-refractivity contribution in [3.05, 3.63) is 47.5 Å². The van der Waals surface area contributed by atoms with Gasteiger partial charge in [0, 0.05) is 16.5 Å². The number of aromatic nitrogens is 1. The number of aromatic amines is 1. The van der Waals surface area contributed by atoms with Crippen LogP contribution in [0.2, 0.25) is 0 Å². The fourth-order valence-corrected chi connectivity index (χ4v) is 2.55. The van der Waals surface area contributed by atoms with Crippen molar-refractivity contribution in [3.63, 3.8) is 0 Å². The van der Waals surface area contributed by atoms with Gasteiger partial charge in [-0.05, 0) is 55.3 Å². The highest BCUT2D eigenvalue weighted by Gasteiger charge is 2.11. The van der Waals surface area contributed by atoms with E-state index in [-0.39, 0.29) is 11.5 Å². The molecule has 0 spiro atoms. The number of rotatable bonds is 1. The summed E-state index contributed by atoms with van der Waals surface area (Å²) >= 11 is 0. The number of fused-ring (bicyclic) bond motifs is 1. The van der Waals surface area contributed by atoms with Crippen molar-refractivity contribution in [2.75, 3.05) is 0 Å². The summed E-state index contributed by atoms with van der Waals surface area (Å²) in [6.45, 7) is 3.94. The van der Waals surface area contributed by atoms with Crippen LogP contribution in [0, 0.1) is 13.8 Å². The summed E-state index contributed by atoms with van der Waals surface area (Å²) < 4.78 is 0. The lowest BCUT2D eigenvalue weighted by atomic mass is 10.0. The van der Waals surface area contributed by atoms with Gasteiger partial charge < -0.3 is 15.2 Å². The van der Waals surface area contributed by atoms with Gasteiger partial charge in [-0.15, -0.1) is 0 Å². The molecular weight excluding hydrogens is 238 g/mol. The number of hydrogen-bond acceptors (Lipinski definition) is 2. The highest BCUT2D eigenvalue weighted by molar-refractivity contribution is 5.88. The van der Waals surface area contributed by atoms with E-state index >= 15 is 0 Å². The Morgan fingerprint density at radius 2 is 1.74 bits per heavy atom. The number of nitrogens with one attached hydrogen (secondary N) is 1. The molecule has 0 aliphatic rings. The molecule has 1 heterocycles. The summed E-state index contributed by atoms with van der Waals surface area (Å²) in [5.74, 6) is 0.510. The van der Waals surface area contributed by atoms with Crippen LogP contribution in [0.15, 0.2) is 36.4 Å². The van der Waals surface area contributed by atoms with Crippen molar-refractivity contribution in [3.8, 4) is 22.8 Å². The van der Waals surface area contributed by atoms with Crippen LogP contribution >= 0.6 is 0 Å². The Balaban J connectivity index is 2.24. The van der Waals surface area contributed by atoms with E-state index in [1.54, 1.807) is 18.2 Å². The van der Waals surface area contributed by atoms with Crippen LogP contribution in [-0.2, 0) is 0 Å². The van der Waals surface area contributed by atoms with Crippen LogP contribution in [-0.4, -0.2) is 15.2 Å². The van der Waals surface area contributed by atoms with E-state index in [9.17, 15) is 10.2 Å². The van der Waals surface area contributed by atoms with E-state index in [2.05, 4.69) is 4.98 Å². The SMILES string of the molecule is Cc1cc(C)c(-c2cc3cc(O)ccc3[nH]2)c(O)c1. The average Bonchev–Trinajstić information content (AvgIpc) is 2.69. The zero-order chi connectivity index (χ0) is 13.6. The molecule has 3 nitrogen and oxygen atoms in total. The predicted octanol–water partition coefficient (Wildman–Crippen LogP) is 3.86. The molecule has 2 aromatic carbocycles. The molecule has 3 aromatic rings. The monoisotopic (exact) mass is 253 g/mol. The highest BCUT2D eigenvalue weighted by atomic mass is 16.3. The van der Waals surface area contributed by atoms with E-state index in [0.717, 1.165) is 33.3 Å². The van der Waals surface area contributed by atoms with Gasteiger partial charge in [-0.1, -0.05) is 6.07 Å². The molecular formula is C16H15NO2. The largest absolute Gasteiger partial charge is 0.508 e. The molecule has 0 aliphatic carbocycles. The van der Waals surface area contributed by atoms with E-state index in [1.807, 2.05) is 32.0 Å². The zero-order valence-corrected chi connectivity index (χ0v) is 10.9. The van der Waals surface area contributed by atoms with Crippen molar-refractivity contribution in [1.29, 1.82) is 0 Å². The van der Waals surface area contributed by atoms with E-state index in [1.165, 1.54) is 0 Å². The Morgan fingerprint density at radius 3 is 2.47 bits per heavy atom. The molecule has 0 atom stereocenters. The molecule has 3 N–H and O–H groups in total. The van der Waals surface area contributed by atoms with Crippen LogP contribution in [0.4, 0.5) is 0 Å². The maximum absolute atomic E-state index is 10.1. The number of H-pyrrole nitrogens is 1. The Labute approximate surface area is 111 Å². The van der Waals surface area contributed by atoms with Crippen molar-refractivity contribution in [2.45, 2.75) is 13.8 Å². The maximum atomic E-state index is 10.1. The quantitative estimate of drug-likeness (QED) is 0.616. The van der Waals surface area contributed by atoms with E-state index < -0.39 is 0 Å². The van der Waals surface area contributed by atoms with Gasteiger partial charge in [0.1, 0.15) is 11.5 Å². The van der Waals surface area contributed by atoms with E-state index in [0.29, 0.717) is 0 Å². The van der Waals surface area contributed by atoms with Crippen LogP contribution in [0.1, 0.15) is 11.1 Å². The molecule has 0 aliphatic heterocycles. The third-order valence-corrected chi connectivity index (χ3v) is 3.33. The van der Waals surface area contributed by atoms with Gasteiger partial charge in [-0.25, -0.2) is 0 Å². The summed E-state index contributed by atoms with van der Waals surface area (Å²) in [6.07, 6.45) is 0. The van der Waals surface area contributed by atoms with Crippen molar-refractivity contribution >= 4 is 10.9 Å².